The van der Waals surface area contributed by atoms with E-state index < -0.39 is 0 Å². The third-order valence-corrected chi connectivity index (χ3v) is 25.0. The summed E-state index contributed by atoms with van der Waals surface area (Å²) in [6.07, 6.45) is 12.7. The minimum Gasteiger partial charge on any atom is -0.491 e. The summed E-state index contributed by atoms with van der Waals surface area (Å²) in [6, 6.07) is 40.7. The Morgan fingerprint density at radius 3 is 0.808 bits per heavy atom. The monoisotopic (exact) mass is 1740 g/mol. The van der Waals surface area contributed by atoms with Gasteiger partial charge in [0.2, 0.25) is 29.5 Å². The summed E-state index contributed by atoms with van der Waals surface area (Å²) in [5.74, 6) is 4.35. The summed E-state index contributed by atoms with van der Waals surface area (Å²) in [6.45, 7) is 36.3. The molecule has 12 fully saturated rings. The molecule has 8 unspecified atom stereocenters. The number of hydrogen-bond donors (Lipinski definition) is 0. The molecule has 686 valence electrons. The Bertz CT molecular complexity index is 4090. The Hall–Kier alpha value is -8.95. The first kappa shape index (κ1) is 93.7. The van der Waals surface area contributed by atoms with Gasteiger partial charge in [0, 0.05) is 220 Å². The summed E-state index contributed by atoms with van der Waals surface area (Å²) in [4.78, 5) is 78.0. The van der Waals surface area contributed by atoms with Gasteiger partial charge in [-0.3, -0.25) is 24.0 Å². The number of ether oxygens (including phenoxy) is 15. The molecular weight excluding hydrogens is 1600 g/mol. The molecule has 2 aliphatic carbocycles. The van der Waals surface area contributed by atoms with Crippen molar-refractivity contribution >= 4 is 58.0 Å². The van der Waals surface area contributed by atoms with Crippen LogP contribution in [0.15, 0.2) is 121 Å². The number of hydrogen-bond acceptors (Lipinski definition) is 25. The van der Waals surface area contributed by atoms with Crippen molar-refractivity contribution in [3.63, 3.8) is 0 Å². The second kappa shape index (κ2) is 46.7. The first-order valence-corrected chi connectivity index (χ1v) is 45.8. The van der Waals surface area contributed by atoms with Crippen LogP contribution >= 0.6 is 0 Å². The fraction of sp³-hybridized carbons (Fsp3) is 0.632. The molecule has 30 nitrogen and oxygen atoms in total. The van der Waals surface area contributed by atoms with E-state index in [2.05, 4.69) is 92.1 Å². The number of benzene rings is 5. The molecule has 17 rings (SSSR count). The number of anilines is 5. The third kappa shape index (κ3) is 28.0. The van der Waals surface area contributed by atoms with Crippen LogP contribution in [0.2, 0.25) is 0 Å². The van der Waals surface area contributed by atoms with Crippen LogP contribution in [0.3, 0.4) is 0 Å². The third-order valence-electron chi connectivity index (χ3n) is 25.0. The number of nitrogens with zero attached hydrogens (tertiary/aromatic N) is 10. The molecule has 30 heteroatoms. The van der Waals surface area contributed by atoms with E-state index in [9.17, 15) is 24.0 Å². The van der Waals surface area contributed by atoms with Crippen LogP contribution < -0.4 is 48.2 Å². The smallest absolute Gasteiger partial charge is 0.219 e. The number of carbonyl (C=O) groups excluding carboxylic acids is 5. The Morgan fingerprint density at radius 1 is 0.312 bits per heavy atom. The van der Waals surface area contributed by atoms with Crippen LogP contribution in [0.1, 0.15) is 132 Å². The van der Waals surface area contributed by atoms with Gasteiger partial charge in [0.25, 0.3) is 0 Å². The molecule has 0 radical (unpaired) electrons. The topological polar surface area (TPSA) is 256 Å². The standard InChI is InChI=1S/C21H30N2O4.C20H28N2O4.C19H28N2O4.C18H26N2O4.C17H24N2O4/c1-17(24)22-11-13-23(14-12-22)18-5-7-19(8-6-18)25-15-20-16-26-21(27-20)9-3-2-4-10-21;1-16(23)21-10-12-22(13-11-21)17-4-6-18(7-5-17)24-14-19-15-25-20(26-19)8-2-3-9-20;1-3-4-19-24-14-18(25-19)13-23-17-7-5-16(6-8-17)21-11-9-20(10-12-21)15(2)22;1-3-18-23-13-17(24-18)12-22-16-6-4-15(5-7-16)20-10-8-19(9-11-20)14(2)21;1-13(20)18-7-9-19(10-8-18)15-3-5-16(6-4-15)22-12-17-11-21-14(2)23-17/h5-8,20H,2-4,9-16H2,1H3;4-7,19H,2-3,8-15H2,1H3;5-8,18-19H,3-4,9-14H2,1-2H3;4-7,17-18H,3,8-13H2,1-2H3;3-6,14,17H,7-12H2,1-2H3. The molecule has 10 aliphatic heterocycles. The van der Waals surface area contributed by atoms with Crippen molar-refractivity contribution in [2.24, 2.45) is 0 Å². The van der Waals surface area contributed by atoms with Gasteiger partial charge in [0.05, 0.1) is 33.0 Å². The lowest BCUT2D eigenvalue weighted by atomic mass is 9.94. The van der Waals surface area contributed by atoms with E-state index in [1.807, 2.05) is 99.0 Å². The number of amides is 5. The second-order valence-corrected chi connectivity index (χ2v) is 34.1. The molecule has 125 heavy (non-hydrogen) atoms. The van der Waals surface area contributed by atoms with Gasteiger partial charge in [0.15, 0.2) is 30.4 Å². The summed E-state index contributed by atoms with van der Waals surface area (Å²) in [5, 5.41) is 0. The summed E-state index contributed by atoms with van der Waals surface area (Å²) >= 11 is 0. The molecule has 0 bridgehead atoms. The van der Waals surface area contributed by atoms with Gasteiger partial charge in [-0.1, -0.05) is 26.7 Å². The molecule has 5 aromatic rings. The molecule has 10 saturated heterocycles. The average molecular weight is 1740 g/mol. The van der Waals surface area contributed by atoms with Crippen molar-refractivity contribution in [2.75, 3.05) is 221 Å². The van der Waals surface area contributed by atoms with Crippen molar-refractivity contribution < 1.29 is 95.0 Å². The van der Waals surface area contributed by atoms with E-state index in [-0.39, 0.29) is 90.5 Å². The Labute approximate surface area is 738 Å². The zero-order chi connectivity index (χ0) is 87.5. The molecule has 12 aliphatic rings. The minimum atomic E-state index is -0.335. The fourth-order valence-electron chi connectivity index (χ4n) is 17.5. The van der Waals surface area contributed by atoms with E-state index >= 15 is 0 Å². The zero-order valence-corrected chi connectivity index (χ0v) is 75.0. The van der Waals surface area contributed by atoms with E-state index in [0.717, 1.165) is 216 Å². The fourth-order valence-corrected chi connectivity index (χ4v) is 17.5. The highest BCUT2D eigenvalue weighted by Crippen LogP contribution is 2.41. The number of piperazine rings is 5. The average Bonchev–Trinajstić information content (AvgIpc) is 1.68. The molecule has 0 N–H and O–H groups in total. The van der Waals surface area contributed by atoms with Gasteiger partial charge in [-0.15, -0.1) is 0 Å². The van der Waals surface area contributed by atoms with E-state index in [0.29, 0.717) is 66.1 Å². The van der Waals surface area contributed by atoms with Crippen molar-refractivity contribution in [1.29, 1.82) is 0 Å². The maximum Gasteiger partial charge on any atom is 0.219 e. The van der Waals surface area contributed by atoms with Crippen molar-refractivity contribution in [3.05, 3.63) is 121 Å². The highest BCUT2D eigenvalue weighted by Gasteiger charge is 2.45. The van der Waals surface area contributed by atoms with Crippen molar-refractivity contribution in [2.45, 2.75) is 193 Å². The number of rotatable bonds is 23. The van der Waals surface area contributed by atoms with Crippen LogP contribution in [0, 0.1) is 0 Å². The predicted octanol–water partition coefficient (Wildman–Crippen LogP) is 10.9. The van der Waals surface area contributed by atoms with Gasteiger partial charge in [-0.2, -0.15) is 0 Å². The lowest BCUT2D eigenvalue weighted by molar-refractivity contribution is -0.189. The van der Waals surface area contributed by atoms with Gasteiger partial charge >= 0.3 is 0 Å². The quantitative estimate of drug-likeness (QED) is 0.0589. The first-order valence-electron chi connectivity index (χ1n) is 45.8. The van der Waals surface area contributed by atoms with Crippen LogP contribution in [-0.4, -0.2) is 312 Å². The lowest BCUT2D eigenvalue weighted by Gasteiger charge is -2.35. The van der Waals surface area contributed by atoms with Crippen molar-refractivity contribution in [1.82, 2.24) is 24.5 Å². The van der Waals surface area contributed by atoms with Crippen LogP contribution in [0.5, 0.6) is 28.7 Å². The minimum absolute atomic E-state index is 0.00401. The molecule has 5 aromatic carbocycles. The van der Waals surface area contributed by atoms with Gasteiger partial charge in [-0.25, -0.2) is 0 Å². The molecule has 0 aromatic heterocycles. The van der Waals surface area contributed by atoms with E-state index in [1.165, 1.54) is 49.2 Å². The van der Waals surface area contributed by atoms with Crippen LogP contribution in [0.4, 0.5) is 28.4 Å². The van der Waals surface area contributed by atoms with Gasteiger partial charge < -0.3 is 120 Å². The summed E-state index contributed by atoms with van der Waals surface area (Å²) < 4.78 is 86.8. The zero-order valence-electron chi connectivity index (χ0n) is 75.0. The second-order valence-electron chi connectivity index (χ2n) is 34.1. The Balaban J connectivity index is 0.000000134. The Morgan fingerprint density at radius 2 is 0.560 bits per heavy atom. The highest BCUT2D eigenvalue weighted by atomic mass is 16.8. The molecular formula is C95H136N10O20. The maximum absolute atomic E-state index is 11.4. The molecule has 5 amide bonds. The van der Waals surface area contributed by atoms with E-state index in [4.69, 9.17) is 71.1 Å². The molecule has 8 atom stereocenters. The predicted molar refractivity (Wildman–Crippen MR) is 475 cm³/mol. The van der Waals surface area contributed by atoms with E-state index in [1.54, 1.807) is 34.6 Å². The van der Waals surface area contributed by atoms with Crippen LogP contribution in [-0.2, 0) is 71.3 Å². The summed E-state index contributed by atoms with van der Waals surface area (Å²) in [7, 11) is 0. The Kier molecular flexibility index (Phi) is 35.0. The molecule has 10 heterocycles. The maximum atomic E-state index is 11.4. The van der Waals surface area contributed by atoms with Gasteiger partial charge in [-0.05, 0) is 167 Å². The van der Waals surface area contributed by atoms with Gasteiger partial charge in [0.1, 0.15) is 92.3 Å². The van der Waals surface area contributed by atoms with Crippen LogP contribution in [0.25, 0.3) is 0 Å². The lowest BCUT2D eigenvalue weighted by Crippen LogP contribution is -2.48. The SMILES string of the molecule is CC(=O)N1CCN(c2ccc(OCC3COC(C)O3)cc2)CC1.CC(=O)N1CCN(c2ccc(OCC3COC4(CCCC4)O3)cc2)CC1.CC(=O)N1CCN(c2ccc(OCC3COC4(CCCCC4)O3)cc2)CC1.CCC1OCC(COc2ccc(N3CCN(C(C)=O)CC3)cc2)O1.CCCC1OCC(COc2ccc(N3CCN(C(C)=O)CC3)cc2)O1. The molecule has 2 saturated carbocycles. The largest absolute Gasteiger partial charge is 0.491 e. The molecule has 2 spiro atoms. The number of carbonyl (C=O) groups is 5. The van der Waals surface area contributed by atoms with Crippen molar-refractivity contribution in [3.8, 4) is 28.7 Å². The first-order chi connectivity index (χ1) is 60.7. The highest BCUT2D eigenvalue weighted by molar-refractivity contribution is 5.76. The normalized spacial score (nSPS) is 24.6. The summed E-state index contributed by atoms with van der Waals surface area (Å²) in [5.41, 5.74) is 5.84.